The van der Waals surface area contributed by atoms with Crippen LogP contribution in [0.4, 0.5) is 8.78 Å². The fourth-order valence-electron chi connectivity index (χ4n) is 5.04. The molecule has 3 aromatic rings. The van der Waals surface area contributed by atoms with E-state index in [1.807, 2.05) is 37.3 Å². The van der Waals surface area contributed by atoms with Gasteiger partial charge in [0.05, 0.1) is 23.8 Å². The van der Waals surface area contributed by atoms with Crippen molar-refractivity contribution < 1.29 is 18.6 Å². The monoisotopic (exact) mass is 486 g/mol. The van der Waals surface area contributed by atoms with Gasteiger partial charge in [0, 0.05) is 13.2 Å². The molecule has 3 N–H and O–H groups in total. The zero-order valence-corrected chi connectivity index (χ0v) is 19.8. The van der Waals surface area contributed by atoms with Gasteiger partial charge in [0.15, 0.2) is 0 Å². The van der Waals surface area contributed by atoms with Crippen molar-refractivity contribution in [3.63, 3.8) is 0 Å². The number of ether oxygens (including phenoxy) is 1. The van der Waals surface area contributed by atoms with Gasteiger partial charge in [0.25, 0.3) is 0 Å². The van der Waals surface area contributed by atoms with Crippen LogP contribution in [0.15, 0.2) is 59.7 Å². The van der Waals surface area contributed by atoms with Gasteiger partial charge in [-0.2, -0.15) is 5.10 Å². The number of benzene rings is 2. The lowest BCUT2D eigenvalue weighted by molar-refractivity contribution is -0.0136. The number of H-pyrrole nitrogens is 1. The van der Waals surface area contributed by atoms with E-state index in [0.717, 1.165) is 11.1 Å². The number of nitrogens with one attached hydrogen (secondary N) is 2. The van der Waals surface area contributed by atoms with Gasteiger partial charge in [-0.3, -0.25) is 4.57 Å². The fraction of sp³-hybridized carbons (Fsp3) is 0.462. The first-order chi connectivity index (χ1) is 16.9. The third-order valence-corrected chi connectivity index (χ3v) is 7.17. The van der Waals surface area contributed by atoms with Crippen molar-refractivity contribution in [2.75, 3.05) is 19.8 Å². The number of alkyl halides is 2. The van der Waals surface area contributed by atoms with Crippen molar-refractivity contribution in [3.8, 4) is 0 Å². The SMILES string of the molecule is C[C@@H](OC[C@@]1(c2ccccc2)CC[C@@](CCO)(n2cn[nH]c2=O)CN1)c1cc(CF)cc(CF)c1. The van der Waals surface area contributed by atoms with E-state index in [1.54, 1.807) is 16.7 Å². The van der Waals surface area contributed by atoms with E-state index < -0.39 is 24.4 Å². The van der Waals surface area contributed by atoms with Crippen LogP contribution in [0.3, 0.4) is 0 Å². The highest BCUT2D eigenvalue weighted by Crippen LogP contribution is 2.39. The van der Waals surface area contributed by atoms with Crippen molar-refractivity contribution >= 4 is 0 Å². The van der Waals surface area contributed by atoms with E-state index in [-0.39, 0.29) is 18.4 Å². The molecule has 0 unspecified atom stereocenters. The summed E-state index contributed by atoms with van der Waals surface area (Å²) < 4.78 is 34.5. The summed E-state index contributed by atoms with van der Waals surface area (Å²) in [6, 6.07) is 14.9. The normalized spacial score (nSPS) is 23.3. The maximum absolute atomic E-state index is 13.3. The van der Waals surface area contributed by atoms with Gasteiger partial charge in [-0.05, 0) is 48.4 Å². The van der Waals surface area contributed by atoms with E-state index >= 15 is 0 Å². The molecule has 1 fully saturated rings. The Bertz CT molecular complexity index is 1130. The summed E-state index contributed by atoms with van der Waals surface area (Å²) in [6.07, 6.45) is 2.77. The third-order valence-electron chi connectivity index (χ3n) is 7.17. The second-order valence-electron chi connectivity index (χ2n) is 9.33. The number of halogens is 2. The number of aromatic amines is 1. The maximum Gasteiger partial charge on any atom is 0.343 e. The molecule has 1 aromatic heterocycles. The number of rotatable bonds is 10. The van der Waals surface area contributed by atoms with Crippen molar-refractivity contribution in [1.82, 2.24) is 20.1 Å². The lowest BCUT2D eigenvalue weighted by Gasteiger charge is -2.48. The summed E-state index contributed by atoms with van der Waals surface area (Å²) in [4.78, 5) is 12.4. The number of nitrogens with zero attached hydrogens (tertiary/aromatic N) is 2. The molecule has 188 valence electrons. The van der Waals surface area contributed by atoms with E-state index in [4.69, 9.17) is 4.74 Å². The standard InChI is InChI=1S/C26H32F2N4O3/c1-19(22-12-20(14-27)11-21(13-22)15-28)35-17-26(23-5-3-2-4-6-23)8-7-25(9-10-33,16-29-26)32-18-30-31-24(32)34/h2-6,11-13,18-19,29,33H,7-10,14-17H2,1H3,(H,31,34)/t19-,25+,26-/m1/s1. The second-order valence-corrected chi connectivity index (χ2v) is 9.33. The minimum absolute atomic E-state index is 0.0625. The van der Waals surface area contributed by atoms with E-state index in [2.05, 4.69) is 15.5 Å². The van der Waals surface area contributed by atoms with Crippen molar-refractivity contribution in [2.24, 2.45) is 0 Å². The average molecular weight is 487 g/mol. The molecule has 0 amide bonds. The zero-order valence-electron chi connectivity index (χ0n) is 19.8. The number of aromatic nitrogens is 3. The highest BCUT2D eigenvalue weighted by Gasteiger charge is 2.45. The molecule has 3 atom stereocenters. The van der Waals surface area contributed by atoms with Gasteiger partial charge in [-0.1, -0.05) is 48.5 Å². The first kappa shape index (κ1) is 25.2. The highest BCUT2D eigenvalue weighted by atomic mass is 19.1. The average Bonchev–Trinajstić information content (AvgIpc) is 3.35. The summed E-state index contributed by atoms with van der Waals surface area (Å²) >= 11 is 0. The molecule has 35 heavy (non-hydrogen) atoms. The largest absolute Gasteiger partial charge is 0.396 e. The molecule has 0 spiro atoms. The zero-order chi connectivity index (χ0) is 24.9. The molecule has 2 aromatic carbocycles. The second kappa shape index (κ2) is 10.8. The van der Waals surface area contributed by atoms with Gasteiger partial charge < -0.3 is 15.2 Å². The van der Waals surface area contributed by atoms with Crippen LogP contribution in [-0.4, -0.2) is 39.6 Å². The van der Waals surface area contributed by atoms with Gasteiger partial charge in [0.2, 0.25) is 0 Å². The molecular weight excluding hydrogens is 454 g/mol. The molecule has 0 radical (unpaired) electrons. The van der Waals surface area contributed by atoms with Crippen LogP contribution < -0.4 is 11.0 Å². The Labute approximate surface area is 203 Å². The molecule has 1 saturated heterocycles. The van der Waals surface area contributed by atoms with Gasteiger partial charge >= 0.3 is 5.69 Å². The molecule has 0 bridgehead atoms. The number of aliphatic hydroxyl groups is 1. The lowest BCUT2D eigenvalue weighted by Crippen LogP contribution is -2.60. The molecule has 4 rings (SSSR count). The number of piperidine rings is 1. The number of hydrogen-bond donors (Lipinski definition) is 3. The topological polar surface area (TPSA) is 92.2 Å². The molecule has 0 aliphatic carbocycles. The predicted octanol–water partition coefficient (Wildman–Crippen LogP) is 3.64. The number of hydrogen-bond acceptors (Lipinski definition) is 5. The van der Waals surface area contributed by atoms with Crippen molar-refractivity contribution in [1.29, 1.82) is 0 Å². The number of aliphatic hydroxyl groups excluding tert-OH is 1. The summed E-state index contributed by atoms with van der Waals surface area (Å²) in [6.45, 7) is 1.24. The highest BCUT2D eigenvalue weighted by molar-refractivity contribution is 5.31. The Kier molecular flexibility index (Phi) is 7.78. The van der Waals surface area contributed by atoms with Crippen molar-refractivity contribution in [2.45, 2.75) is 56.7 Å². The van der Waals surface area contributed by atoms with Crippen LogP contribution in [-0.2, 0) is 29.2 Å². The summed E-state index contributed by atoms with van der Waals surface area (Å²) in [5.41, 5.74) is 1.17. The predicted molar refractivity (Wildman–Crippen MR) is 128 cm³/mol. The van der Waals surface area contributed by atoms with E-state index in [1.165, 1.54) is 12.4 Å². The Balaban J connectivity index is 1.59. The lowest BCUT2D eigenvalue weighted by atomic mass is 9.75. The van der Waals surface area contributed by atoms with Crippen molar-refractivity contribution in [3.05, 3.63) is 87.6 Å². The van der Waals surface area contributed by atoms with Crippen LogP contribution in [0.25, 0.3) is 0 Å². The minimum atomic E-state index is -0.663. The third kappa shape index (κ3) is 5.22. The Morgan fingerprint density at radius 1 is 1.14 bits per heavy atom. The van der Waals surface area contributed by atoms with Crippen LogP contribution in [0, 0.1) is 0 Å². The van der Waals surface area contributed by atoms with Crippen LogP contribution in [0.2, 0.25) is 0 Å². The fourth-order valence-corrected chi connectivity index (χ4v) is 5.04. The Hall–Kier alpha value is -2.88. The maximum atomic E-state index is 13.3. The first-order valence-electron chi connectivity index (χ1n) is 11.9. The van der Waals surface area contributed by atoms with Crippen LogP contribution >= 0.6 is 0 Å². The summed E-state index contributed by atoms with van der Waals surface area (Å²) in [5.74, 6) is 0. The van der Waals surface area contributed by atoms with Gasteiger partial charge in [-0.15, -0.1) is 0 Å². The Morgan fingerprint density at radius 3 is 2.40 bits per heavy atom. The van der Waals surface area contributed by atoms with E-state index in [9.17, 15) is 18.7 Å². The van der Waals surface area contributed by atoms with Gasteiger partial charge in [-0.25, -0.2) is 18.7 Å². The molecular formula is C26H32F2N4O3. The summed E-state index contributed by atoms with van der Waals surface area (Å²) in [7, 11) is 0. The smallest absolute Gasteiger partial charge is 0.343 e. The van der Waals surface area contributed by atoms with Crippen LogP contribution in [0.5, 0.6) is 0 Å². The van der Waals surface area contributed by atoms with Crippen LogP contribution in [0.1, 0.15) is 54.5 Å². The molecule has 1 aliphatic rings. The van der Waals surface area contributed by atoms with E-state index in [0.29, 0.717) is 43.5 Å². The first-order valence-corrected chi connectivity index (χ1v) is 11.9. The molecule has 2 heterocycles. The van der Waals surface area contributed by atoms with Gasteiger partial charge in [0.1, 0.15) is 19.7 Å². The minimum Gasteiger partial charge on any atom is -0.396 e. The Morgan fingerprint density at radius 2 is 1.86 bits per heavy atom. The molecule has 1 aliphatic heterocycles. The summed E-state index contributed by atoms with van der Waals surface area (Å²) in [5, 5.41) is 19.7. The quantitative estimate of drug-likeness (QED) is 0.407. The molecule has 7 nitrogen and oxygen atoms in total. The molecule has 0 saturated carbocycles. The molecule has 9 heteroatoms.